The minimum absolute atomic E-state index is 0.0287. The van der Waals surface area contributed by atoms with Crippen LogP contribution < -0.4 is 0 Å². The summed E-state index contributed by atoms with van der Waals surface area (Å²) in [5.74, 6) is 0.799. The van der Waals surface area contributed by atoms with Crippen LogP contribution in [-0.2, 0) is 4.74 Å². The zero-order chi connectivity index (χ0) is 15.6. The first-order valence-electron chi connectivity index (χ1n) is 8.21. The zero-order valence-electron chi connectivity index (χ0n) is 13.0. The van der Waals surface area contributed by atoms with E-state index in [-0.39, 0.29) is 12.0 Å². The number of hydrogen-bond donors (Lipinski definition) is 0. The van der Waals surface area contributed by atoms with Crippen LogP contribution in [0.2, 0.25) is 0 Å². The maximum Gasteiger partial charge on any atom is 0.273 e. The van der Waals surface area contributed by atoms with Gasteiger partial charge in [-0.25, -0.2) is 4.98 Å². The van der Waals surface area contributed by atoms with Crippen LogP contribution >= 0.6 is 11.3 Å². The molecule has 4 rings (SSSR count). The van der Waals surface area contributed by atoms with Gasteiger partial charge in [-0.05, 0) is 25.2 Å². The van der Waals surface area contributed by atoms with E-state index in [9.17, 15) is 4.79 Å². The Morgan fingerprint density at radius 3 is 2.87 bits per heavy atom. The van der Waals surface area contributed by atoms with E-state index in [1.54, 1.807) is 0 Å². The first-order chi connectivity index (χ1) is 11.3. The van der Waals surface area contributed by atoms with Gasteiger partial charge in [0, 0.05) is 30.6 Å². The molecule has 0 bridgehead atoms. The maximum absolute atomic E-state index is 12.6. The molecule has 2 fully saturated rings. The van der Waals surface area contributed by atoms with E-state index in [4.69, 9.17) is 4.74 Å². The number of rotatable bonds is 5. The summed E-state index contributed by atoms with van der Waals surface area (Å²) >= 11 is 1.52. The van der Waals surface area contributed by atoms with Crippen molar-refractivity contribution in [2.24, 2.45) is 5.92 Å². The number of ether oxygens (including phenoxy) is 1. The summed E-state index contributed by atoms with van der Waals surface area (Å²) in [6, 6.07) is 9.99. The molecule has 1 amide bonds. The van der Waals surface area contributed by atoms with E-state index in [0.29, 0.717) is 12.2 Å². The van der Waals surface area contributed by atoms with Crippen molar-refractivity contribution in [2.45, 2.75) is 25.4 Å². The van der Waals surface area contributed by atoms with Crippen molar-refractivity contribution in [3.63, 3.8) is 0 Å². The number of benzene rings is 1. The Hall–Kier alpha value is -1.72. The summed E-state index contributed by atoms with van der Waals surface area (Å²) < 4.78 is 5.91. The van der Waals surface area contributed by atoms with Gasteiger partial charge in [0.05, 0.1) is 6.10 Å². The number of hydrogen-bond acceptors (Lipinski definition) is 4. The summed E-state index contributed by atoms with van der Waals surface area (Å²) in [7, 11) is 0. The maximum atomic E-state index is 12.6. The molecular weight excluding hydrogens is 308 g/mol. The molecule has 0 radical (unpaired) electrons. The average Bonchev–Trinajstić information content (AvgIpc) is 3.11. The van der Waals surface area contributed by atoms with Crippen LogP contribution in [0, 0.1) is 5.92 Å². The second-order valence-corrected chi connectivity index (χ2v) is 7.20. The largest absolute Gasteiger partial charge is 0.376 e. The minimum Gasteiger partial charge on any atom is -0.376 e. The van der Waals surface area contributed by atoms with E-state index >= 15 is 0 Å². The Morgan fingerprint density at radius 2 is 2.09 bits per heavy atom. The molecule has 2 aromatic rings. The van der Waals surface area contributed by atoms with Crippen LogP contribution in [0.25, 0.3) is 10.6 Å². The van der Waals surface area contributed by atoms with E-state index < -0.39 is 0 Å². The lowest BCUT2D eigenvalue weighted by Crippen LogP contribution is -2.30. The smallest absolute Gasteiger partial charge is 0.273 e. The molecule has 23 heavy (non-hydrogen) atoms. The fraction of sp³-hybridized carbons (Fsp3) is 0.444. The van der Waals surface area contributed by atoms with Crippen LogP contribution in [0.15, 0.2) is 35.7 Å². The third-order valence-electron chi connectivity index (χ3n) is 4.44. The average molecular weight is 328 g/mol. The van der Waals surface area contributed by atoms with Crippen molar-refractivity contribution in [1.82, 2.24) is 9.88 Å². The summed E-state index contributed by atoms with van der Waals surface area (Å²) in [4.78, 5) is 19.0. The monoisotopic (exact) mass is 328 g/mol. The van der Waals surface area contributed by atoms with Gasteiger partial charge >= 0.3 is 0 Å². The highest BCUT2D eigenvalue weighted by molar-refractivity contribution is 7.13. The summed E-state index contributed by atoms with van der Waals surface area (Å²) in [5.41, 5.74) is 1.61. The Kier molecular flexibility index (Phi) is 4.14. The Bertz CT molecular complexity index is 681. The Balaban J connectivity index is 1.38. The first kappa shape index (κ1) is 14.8. The highest BCUT2D eigenvalue weighted by Gasteiger charge is 2.30. The number of thiazole rings is 1. The van der Waals surface area contributed by atoms with Gasteiger partial charge in [-0.15, -0.1) is 11.3 Å². The van der Waals surface area contributed by atoms with Gasteiger partial charge in [-0.3, -0.25) is 4.79 Å². The van der Waals surface area contributed by atoms with Crippen molar-refractivity contribution in [2.75, 3.05) is 19.7 Å². The summed E-state index contributed by atoms with van der Waals surface area (Å²) in [6.45, 7) is 2.33. The number of aromatic nitrogens is 1. The van der Waals surface area contributed by atoms with Crippen molar-refractivity contribution >= 4 is 17.2 Å². The number of carbonyl (C=O) groups excluding carboxylic acids is 1. The van der Waals surface area contributed by atoms with Crippen LogP contribution in [0.3, 0.4) is 0 Å². The first-order valence-corrected chi connectivity index (χ1v) is 9.09. The lowest BCUT2D eigenvalue weighted by Gasteiger charge is -2.15. The van der Waals surface area contributed by atoms with Crippen molar-refractivity contribution < 1.29 is 9.53 Å². The van der Waals surface area contributed by atoms with Gasteiger partial charge in [0.1, 0.15) is 10.7 Å². The van der Waals surface area contributed by atoms with Gasteiger partial charge in [-0.2, -0.15) is 0 Å². The van der Waals surface area contributed by atoms with Crippen LogP contribution in [0.4, 0.5) is 0 Å². The van der Waals surface area contributed by atoms with Gasteiger partial charge in [0.2, 0.25) is 0 Å². The lowest BCUT2D eigenvalue weighted by atomic mass is 10.2. The number of likely N-dealkylation sites (tertiary alicyclic amines) is 1. The number of carbonyl (C=O) groups is 1. The predicted molar refractivity (Wildman–Crippen MR) is 90.5 cm³/mol. The topological polar surface area (TPSA) is 42.4 Å². The third-order valence-corrected chi connectivity index (χ3v) is 5.33. The van der Waals surface area contributed by atoms with Crippen LogP contribution in [0.5, 0.6) is 0 Å². The van der Waals surface area contributed by atoms with E-state index in [2.05, 4.69) is 4.98 Å². The molecule has 1 aromatic heterocycles. The zero-order valence-corrected chi connectivity index (χ0v) is 13.8. The molecule has 1 aliphatic heterocycles. The minimum atomic E-state index is 0.0287. The number of nitrogens with zero attached hydrogens (tertiary/aromatic N) is 2. The van der Waals surface area contributed by atoms with Crippen molar-refractivity contribution in [3.8, 4) is 10.6 Å². The molecule has 1 saturated heterocycles. The van der Waals surface area contributed by atoms with Crippen LogP contribution in [0.1, 0.15) is 29.8 Å². The molecule has 1 aromatic carbocycles. The Morgan fingerprint density at radius 1 is 1.26 bits per heavy atom. The van der Waals surface area contributed by atoms with Crippen LogP contribution in [-0.4, -0.2) is 41.6 Å². The molecule has 1 unspecified atom stereocenters. The van der Waals surface area contributed by atoms with Gasteiger partial charge in [-0.1, -0.05) is 30.3 Å². The lowest BCUT2D eigenvalue weighted by molar-refractivity contribution is 0.0479. The van der Waals surface area contributed by atoms with Crippen molar-refractivity contribution in [1.29, 1.82) is 0 Å². The second kappa shape index (κ2) is 6.42. The third kappa shape index (κ3) is 3.46. The molecule has 2 heterocycles. The summed E-state index contributed by atoms with van der Waals surface area (Å²) in [5, 5.41) is 2.76. The normalized spacial score (nSPS) is 20.9. The number of amides is 1. The molecule has 0 N–H and O–H groups in total. The molecule has 0 spiro atoms. The van der Waals surface area contributed by atoms with Gasteiger partial charge in [0.15, 0.2) is 0 Å². The molecule has 1 aliphatic carbocycles. The molecule has 120 valence electrons. The standard InChI is InChI=1S/C18H20N2O2S/c21-18(20-9-8-15(10-20)22-11-13-6-7-13)16-12-23-17(19-16)14-4-2-1-3-5-14/h1-5,12-13,15H,6-11H2. The van der Waals surface area contributed by atoms with E-state index in [1.165, 1.54) is 24.2 Å². The quantitative estimate of drug-likeness (QED) is 0.844. The van der Waals surface area contributed by atoms with Gasteiger partial charge in [0.25, 0.3) is 5.91 Å². The highest BCUT2D eigenvalue weighted by Crippen LogP contribution is 2.30. The van der Waals surface area contributed by atoms with Crippen molar-refractivity contribution in [3.05, 3.63) is 41.4 Å². The summed E-state index contributed by atoms with van der Waals surface area (Å²) in [6.07, 6.45) is 3.74. The van der Waals surface area contributed by atoms with E-state index in [0.717, 1.165) is 36.1 Å². The molecular formula is C18H20N2O2S. The molecule has 4 nitrogen and oxygen atoms in total. The van der Waals surface area contributed by atoms with E-state index in [1.807, 2.05) is 40.6 Å². The fourth-order valence-corrected chi connectivity index (χ4v) is 3.65. The predicted octanol–water partition coefficient (Wildman–Crippen LogP) is 3.45. The fourth-order valence-electron chi connectivity index (χ4n) is 2.85. The van der Waals surface area contributed by atoms with Gasteiger partial charge < -0.3 is 9.64 Å². The SMILES string of the molecule is O=C(c1csc(-c2ccccc2)n1)N1CCC(OCC2CC2)C1. The Labute approximate surface area is 140 Å². The molecule has 1 atom stereocenters. The highest BCUT2D eigenvalue weighted by atomic mass is 32.1. The molecule has 2 aliphatic rings. The molecule has 1 saturated carbocycles. The second-order valence-electron chi connectivity index (χ2n) is 6.34. The molecule has 5 heteroatoms.